The Hall–Kier alpha value is -1.10. The maximum absolute atomic E-state index is 10.7. The molecular formula is C10H20N2O3. The predicted molar refractivity (Wildman–Crippen MR) is 57.3 cm³/mol. The largest absolute Gasteiger partial charge is 0.481 e. The molecule has 0 saturated carbocycles. The second kappa shape index (κ2) is 6.40. The zero-order valence-corrected chi connectivity index (χ0v) is 9.38. The van der Waals surface area contributed by atoms with Crippen LogP contribution in [0.25, 0.3) is 0 Å². The van der Waals surface area contributed by atoms with Gasteiger partial charge in [-0.15, -0.1) is 0 Å². The molecule has 0 rings (SSSR count). The average Bonchev–Trinajstić information content (AvgIpc) is 2.10. The first-order chi connectivity index (χ1) is 6.86. The number of primary amides is 1. The first-order valence-corrected chi connectivity index (χ1v) is 5.08. The van der Waals surface area contributed by atoms with Crippen LogP contribution in [0.15, 0.2) is 0 Å². The van der Waals surface area contributed by atoms with Crippen molar-refractivity contribution in [1.82, 2.24) is 5.32 Å². The molecule has 5 heteroatoms. The molecule has 1 amide bonds. The van der Waals surface area contributed by atoms with Gasteiger partial charge < -0.3 is 16.2 Å². The lowest BCUT2D eigenvalue weighted by Crippen LogP contribution is -2.36. The Balaban J connectivity index is 3.46. The van der Waals surface area contributed by atoms with Gasteiger partial charge in [-0.1, -0.05) is 0 Å². The van der Waals surface area contributed by atoms with Crippen LogP contribution in [-0.4, -0.2) is 30.1 Å². The van der Waals surface area contributed by atoms with E-state index in [1.165, 1.54) is 0 Å². The van der Waals surface area contributed by atoms with E-state index in [-0.39, 0.29) is 5.91 Å². The van der Waals surface area contributed by atoms with Gasteiger partial charge in [-0.25, -0.2) is 0 Å². The highest BCUT2D eigenvalue weighted by molar-refractivity contribution is 5.74. The summed E-state index contributed by atoms with van der Waals surface area (Å²) >= 11 is 0. The lowest BCUT2D eigenvalue weighted by atomic mass is 9.94. The Kier molecular flexibility index (Phi) is 5.93. The van der Waals surface area contributed by atoms with Gasteiger partial charge in [-0.2, -0.15) is 0 Å². The van der Waals surface area contributed by atoms with Crippen molar-refractivity contribution in [3.05, 3.63) is 0 Å². The topological polar surface area (TPSA) is 92.4 Å². The van der Waals surface area contributed by atoms with Gasteiger partial charge in [0.25, 0.3) is 0 Å². The minimum absolute atomic E-state index is 0.291. The molecule has 0 atom stereocenters. The second-order valence-corrected chi connectivity index (χ2v) is 4.29. The molecule has 0 heterocycles. The predicted octanol–water partition coefficient (Wildman–Crippen LogP) is 0.342. The summed E-state index contributed by atoms with van der Waals surface area (Å²) in [5, 5.41) is 11.9. The van der Waals surface area contributed by atoms with E-state index in [4.69, 9.17) is 10.8 Å². The van der Waals surface area contributed by atoms with Crippen LogP contribution in [0, 0.1) is 5.41 Å². The number of nitrogens with two attached hydrogens (primary N) is 1. The molecule has 0 bridgehead atoms. The molecule has 4 N–H and O–H groups in total. The Morgan fingerprint density at radius 3 is 2.40 bits per heavy atom. The van der Waals surface area contributed by atoms with Crippen molar-refractivity contribution in [1.29, 1.82) is 0 Å². The fourth-order valence-corrected chi connectivity index (χ4v) is 1.03. The third-order valence-electron chi connectivity index (χ3n) is 2.17. The van der Waals surface area contributed by atoms with Crippen LogP contribution >= 0.6 is 0 Å². The fraction of sp³-hybridized carbons (Fsp3) is 0.800. The van der Waals surface area contributed by atoms with Gasteiger partial charge in [-0.05, 0) is 33.2 Å². The van der Waals surface area contributed by atoms with Gasteiger partial charge in [0.2, 0.25) is 5.91 Å². The standard InChI is InChI=1S/C10H20N2O3/c1-10(2,9(14)15)7-12-6-4-3-5-8(11)13/h12H,3-7H2,1-2H3,(H2,11,13)(H,14,15). The molecule has 5 nitrogen and oxygen atoms in total. The average molecular weight is 216 g/mol. The van der Waals surface area contributed by atoms with E-state index in [0.717, 1.165) is 12.8 Å². The number of carbonyl (C=O) groups excluding carboxylic acids is 1. The van der Waals surface area contributed by atoms with Crippen molar-refractivity contribution < 1.29 is 14.7 Å². The molecule has 88 valence electrons. The van der Waals surface area contributed by atoms with E-state index in [1.807, 2.05) is 0 Å². The summed E-state index contributed by atoms with van der Waals surface area (Å²) < 4.78 is 0. The van der Waals surface area contributed by atoms with E-state index in [1.54, 1.807) is 13.8 Å². The number of hydrogen-bond donors (Lipinski definition) is 3. The van der Waals surface area contributed by atoms with Gasteiger partial charge in [0.1, 0.15) is 0 Å². The van der Waals surface area contributed by atoms with Crippen LogP contribution in [0.1, 0.15) is 33.1 Å². The molecule has 0 radical (unpaired) electrons. The molecular weight excluding hydrogens is 196 g/mol. The lowest BCUT2D eigenvalue weighted by molar-refractivity contribution is -0.146. The van der Waals surface area contributed by atoms with Crippen LogP contribution in [-0.2, 0) is 9.59 Å². The maximum atomic E-state index is 10.7. The number of carboxylic acids is 1. The van der Waals surface area contributed by atoms with Crippen LogP contribution in [0.3, 0.4) is 0 Å². The SMILES string of the molecule is CC(C)(CNCCCCC(N)=O)C(=O)O. The third kappa shape index (κ3) is 6.90. The number of amides is 1. The smallest absolute Gasteiger partial charge is 0.310 e. The zero-order chi connectivity index (χ0) is 11.9. The minimum Gasteiger partial charge on any atom is -0.481 e. The molecule has 0 aliphatic rings. The zero-order valence-electron chi connectivity index (χ0n) is 9.38. The molecule has 0 aliphatic carbocycles. The Bertz CT molecular complexity index is 227. The van der Waals surface area contributed by atoms with Gasteiger partial charge in [0.15, 0.2) is 0 Å². The molecule has 15 heavy (non-hydrogen) atoms. The quantitative estimate of drug-likeness (QED) is 0.510. The normalized spacial score (nSPS) is 11.3. The summed E-state index contributed by atoms with van der Waals surface area (Å²) in [4.78, 5) is 21.1. The molecule has 0 aliphatic heterocycles. The second-order valence-electron chi connectivity index (χ2n) is 4.29. The summed E-state index contributed by atoms with van der Waals surface area (Å²) in [5.74, 6) is -1.10. The number of carboxylic acid groups (broad SMARTS) is 1. The highest BCUT2D eigenvalue weighted by Gasteiger charge is 2.25. The molecule has 0 fully saturated rings. The van der Waals surface area contributed by atoms with Crippen LogP contribution in [0.4, 0.5) is 0 Å². The number of unbranched alkanes of at least 4 members (excludes halogenated alkanes) is 1. The van der Waals surface area contributed by atoms with Gasteiger partial charge in [0, 0.05) is 13.0 Å². The highest BCUT2D eigenvalue weighted by atomic mass is 16.4. The van der Waals surface area contributed by atoms with E-state index in [9.17, 15) is 9.59 Å². The maximum Gasteiger partial charge on any atom is 0.310 e. The van der Waals surface area contributed by atoms with Crippen molar-refractivity contribution in [3.63, 3.8) is 0 Å². The molecule has 0 saturated heterocycles. The van der Waals surface area contributed by atoms with Crippen molar-refractivity contribution >= 4 is 11.9 Å². The summed E-state index contributed by atoms with van der Waals surface area (Å²) in [6.45, 7) is 4.49. The van der Waals surface area contributed by atoms with Crippen molar-refractivity contribution in [2.75, 3.05) is 13.1 Å². The monoisotopic (exact) mass is 216 g/mol. The lowest BCUT2D eigenvalue weighted by Gasteiger charge is -2.19. The van der Waals surface area contributed by atoms with Crippen LogP contribution < -0.4 is 11.1 Å². The first-order valence-electron chi connectivity index (χ1n) is 5.08. The van der Waals surface area contributed by atoms with E-state index in [0.29, 0.717) is 19.5 Å². The molecule has 0 spiro atoms. The van der Waals surface area contributed by atoms with Crippen molar-refractivity contribution in [2.45, 2.75) is 33.1 Å². The van der Waals surface area contributed by atoms with Crippen molar-refractivity contribution in [3.8, 4) is 0 Å². The highest BCUT2D eigenvalue weighted by Crippen LogP contribution is 2.12. The number of aliphatic carboxylic acids is 1. The molecule has 0 unspecified atom stereocenters. The van der Waals surface area contributed by atoms with Gasteiger partial charge in [0.05, 0.1) is 5.41 Å². The van der Waals surface area contributed by atoms with E-state index >= 15 is 0 Å². The molecule has 0 aromatic carbocycles. The van der Waals surface area contributed by atoms with Crippen molar-refractivity contribution in [2.24, 2.45) is 11.1 Å². The number of nitrogens with one attached hydrogen (secondary N) is 1. The third-order valence-corrected chi connectivity index (χ3v) is 2.17. The minimum atomic E-state index is -0.813. The molecule has 0 aromatic heterocycles. The number of rotatable bonds is 8. The van der Waals surface area contributed by atoms with E-state index < -0.39 is 11.4 Å². The Labute approximate surface area is 90.0 Å². The van der Waals surface area contributed by atoms with E-state index in [2.05, 4.69) is 5.32 Å². The Morgan fingerprint density at radius 2 is 1.93 bits per heavy atom. The summed E-state index contributed by atoms with van der Waals surface area (Å²) in [6, 6.07) is 0. The van der Waals surface area contributed by atoms with Crippen LogP contribution in [0.5, 0.6) is 0 Å². The first kappa shape index (κ1) is 13.9. The number of carbonyl (C=O) groups is 2. The van der Waals surface area contributed by atoms with Crippen LogP contribution in [0.2, 0.25) is 0 Å². The molecule has 0 aromatic rings. The van der Waals surface area contributed by atoms with Gasteiger partial charge in [-0.3, -0.25) is 9.59 Å². The Morgan fingerprint density at radius 1 is 1.33 bits per heavy atom. The summed E-state index contributed by atoms with van der Waals surface area (Å²) in [6.07, 6.45) is 1.97. The summed E-state index contributed by atoms with van der Waals surface area (Å²) in [7, 11) is 0. The summed E-state index contributed by atoms with van der Waals surface area (Å²) in [5.41, 5.74) is 4.23. The van der Waals surface area contributed by atoms with Gasteiger partial charge >= 0.3 is 5.97 Å². The fourth-order valence-electron chi connectivity index (χ4n) is 1.03. The number of hydrogen-bond acceptors (Lipinski definition) is 3.